The molecule has 0 N–H and O–H groups in total. The van der Waals surface area contributed by atoms with E-state index in [1.165, 1.54) is 16.7 Å². The van der Waals surface area contributed by atoms with Crippen LogP contribution in [-0.4, -0.2) is 12.6 Å². The summed E-state index contributed by atoms with van der Waals surface area (Å²) >= 11 is 0. The van der Waals surface area contributed by atoms with Gasteiger partial charge >= 0.3 is 0 Å². The molecule has 0 aliphatic carbocycles. The van der Waals surface area contributed by atoms with E-state index in [1.54, 1.807) is 0 Å². The highest BCUT2D eigenvalue weighted by Gasteiger charge is 2.24. The van der Waals surface area contributed by atoms with Gasteiger partial charge in [-0.3, -0.25) is 0 Å². The van der Waals surface area contributed by atoms with E-state index in [9.17, 15) is 9.59 Å². The summed E-state index contributed by atoms with van der Waals surface area (Å²) in [6.07, 6.45) is 5.07. The lowest BCUT2D eigenvalue weighted by Gasteiger charge is -2.24. The molecule has 0 fully saturated rings. The standard InChI is InChI=1S/C26H34O2/c1-19(2)14-21-8-7-11-24(16-21)26(12-13-27)25(18-28)17-23-10-6-5-9-22(23)15-20(3)4/h5-11,13,16,18-20,25-26H,12,14-15,17H2,1-4H3. The van der Waals surface area contributed by atoms with Gasteiger partial charge in [0.15, 0.2) is 0 Å². The maximum atomic E-state index is 12.1. The highest BCUT2D eigenvalue weighted by atomic mass is 16.1. The van der Waals surface area contributed by atoms with Crippen molar-refractivity contribution in [2.45, 2.75) is 59.3 Å². The maximum absolute atomic E-state index is 12.1. The number of hydrogen-bond acceptors (Lipinski definition) is 2. The minimum absolute atomic E-state index is 0.0748. The molecule has 2 unspecified atom stereocenters. The van der Waals surface area contributed by atoms with Gasteiger partial charge in [-0.15, -0.1) is 0 Å². The van der Waals surface area contributed by atoms with Crippen molar-refractivity contribution in [2.24, 2.45) is 17.8 Å². The molecule has 28 heavy (non-hydrogen) atoms. The molecule has 2 atom stereocenters. The fraction of sp³-hybridized carbons (Fsp3) is 0.462. The molecule has 0 saturated heterocycles. The minimum Gasteiger partial charge on any atom is -0.303 e. The normalized spacial score (nSPS) is 13.5. The topological polar surface area (TPSA) is 34.1 Å². The Morgan fingerprint density at radius 3 is 2.00 bits per heavy atom. The highest BCUT2D eigenvalue weighted by Crippen LogP contribution is 2.31. The van der Waals surface area contributed by atoms with E-state index >= 15 is 0 Å². The summed E-state index contributed by atoms with van der Waals surface area (Å²) in [5.41, 5.74) is 4.90. The predicted octanol–water partition coefficient (Wildman–Crippen LogP) is 5.81. The van der Waals surface area contributed by atoms with Gasteiger partial charge in [0.1, 0.15) is 12.6 Å². The average Bonchev–Trinajstić information content (AvgIpc) is 2.65. The first-order valence-corrected chi connectivity index (χ1v) is 10.5. The Morgan fingerprint density at radius 2 is 1.43 bits per heavy atom. The second-order valence-electron chi connectivity index (χ2n) is 8.72. The third-order valence-electron chi connectivity index (χ3n) is 5.27. The molecule has 0 radical (unpaired) electrons. The lowest BCUT2D eigenvalue weighted by atomic mass is 9.79. The summed E-state index contributed by atoms with van der Waals surface area (Å²) in [5.74, 6) is 0.862. The molecule has 2 nitrogen and oxygen atoms in total. The van der Waals surface area contributed by atoms with Gasteiger partial charge in [-0.25, -0.2) is 0 Å². The van der Waals surface area contributed by atoms with E-state index in [1.807, 2.05) is 6.07 Å². The van der Waals surface area contributed by atoms with Crippen LogP contribution in [0.5, 0.6) is 0 Å². The zero-order chi connectivity index (χ0) is 20.5. The summed E-state index contributed by atoms with van der Waals surface area (Å²) in [6, 6.07) is 16.8. The molecule has 2 rings (SSSR count). The zero-order valence-corrected chi connectivity index (χ0v) is 17.7. The van der Waals surface area contributed by atoms with Crippen molar-refractivity contribution in [2.75, 3.05) is 0 Å². The van der Waals surface area contributed by atoms with Crippen LogP contribution in [0.25, 0.3) is 0 Å². The molecule has 0 bridgehead atoms. The Kier molecular flexibility index (Phi) is 8.63. The second-order valence-corrected chi connectivity index (χ2v) is 8.72. The number of aldehydes is 2. The van der Waals surface area contributed by atoms with Crippen LogP contribution in [-0.2, 0) is 28.9 Å². The van der Waals surface area contributed by atoms with Crippen LogP contribution in [0.15, 0.2) is 48.5 Å². The summed E-state index contributed by atoms with van der Waals surface area (Å²) in [6.45, 7) is 8.83. The molecule has 2 aromatic carbocycles. The Morgan fingerprint density at radius 1 is 0.786 bits per heavy atom. The third-order valence-corrected chi connectivity index (χ3v) is 5.27. The molecule has 0 heterocycles. The van der Waals surface area contributed by atoms with Gasteiger partial charge in [-0.1, -0.05) is 76.2 Å². The van der Waals surface area contributed by atoms with Crippen molar-refractivity contribution in [3.63, 3.8) is 0 Å². The Bertz CT molecular complexity index is 761. The first kappa shape index (κ1) is 22.1. The molecule has 0 aliphatic rings. The smallest absolute Gasteiger partial charge is 0.124 e. The van der Waals surface area contributed by atoms with Gasteiger partial charge in [-0.2, -0.15) is 0 Å². The summed E-state index contributed by atoms with van der Waals surface area (Å²) in [5, 5.41) is 0. The lowest BCUT2D eigenvalue weighted by molar-refractivity contribution is -0.112. The van der Waals surface area contributed by atoms with Crippen LogP contribution in [0.3, 0.4) is 0 Å². The molecule has 2 heteroatoms. The van der Waals surface area contributed by atoms with Crippen LogP contribution >= 0.6 is 0 Å². The molecule has 0 aliphatic heterocycles. The highest BCUT2D eigenvalue weighted by molar-refractivity contribution is 5.61. The maximum Gasteiger partial charge on any atom is 0.124 e. The number of carbonyl (C=O) groups is 2. The average molecular weight is 379 g/mol. The fourth-order valence-electron chi connectivity index (χ4n) is 4.02. The number of carbonyl (C=O) groups excluding carboxylic acids is 2. The van der Waals surface area contributed by atoms with E-state index in [4.69, 9.17) is 0 Å². The van der Waals surface area contributed by atoms with Crippen molar-refractivity contribution >= 4 is 12.6 Å². The predicted molar refractivity (Wildman–Crippen MR) is 117 cm³/mol. The Balaban J connectivity index is 2.31. The zero-order valence-electron chi connectivity index (χ0n) is 17.7. The second kappa shape index (κ2) is 10.9. The quantitative estimate of drug-likeness (QED) is 0.462. The van der Waals surface area contributed by atoms with Crippen LogP contribution < -0.4 is 0 Å². The first-order valence-electron chi connectivity index (χ1n) is 10.5. The van der Waals surface area contributed by atoms with Gasteiger partial charge in [0.25, 0.3) is 0 Å². The number of rotatable bonds is 11. The third kappa shape index (κ3) is 6.44. The first-order chi connectivity index (χ1) is 13.4. The molecule has 150 valence electrons. The van der Waals surface area contributed by atoms with Crippen molar-refractivity contribution in [3.05, 3.63) is 70.8 Å². The molecular weight excluding hydrogens is 344 g/mol. The van der Waals surface area contributed by atoms with Gasteiger partial charge < -0.3 is 9.59 Å². The summed E-state index contributed by atoms with van der Waals surface area (Å²) in [4.78, 5) is 23.5. The lowest BCUT2D eigenvalue weighted by Crippen LogP contribution is -2.19. The largest absolute Gasteiger partial charge is 0.303 e. The van der Waals surface area contributed by atoms with E-state index in [0.29, 0.717) is 24.7 Å². The van der Waals surface area contributed by atoms with Crippen molar-refractivity contribution in [3.8, 4) is 0 Å². The van der Waals surface area contributed by atoms with E-state index in [0.717, 1.165) is 31.0 Å². The number of hydrogen-bond donors (Lipinski definition) is 0. The van der Waals surface area contributed by atoms with E-state index in [-0.39, 0.29) is 11.8 Å². The van der Waals surface area contributed by atoms with Gasteiger partial charge in [-0.05, 0) is 53.4 Å². The number of benzene rings is 2. The van der Waals surface area contributed by atoms with Crippen molar-refractivity contribution in [1.82, 2.24) is 0 Å². The van der Waals surface area contributed by atoms with E-state index in [2.05, 4.69) is 70.2 Å². The van der Waals surface area contributed by atoms with Crippen LogP contribution in [0.2, 0.25) is 0 Å². The Labute approximate surface area is 170 Å². The van der Waals surface area contributed by atoms with Gasteiger partial charge in [0, 0.05) is 18.3 Å². The Hall–Kier alpha value is -2.22. The van der Waals surface area contributed by atoms with Crippen LogP contribution in [0.4, 0.5) is 0 Å². The molecule has 0 saturated carbocycles. The van der Waals surface area contributed by atoms with Crippen LogP contribution in [0, 0.1) is 17.8 Å². The van der Waals surface area contributed by atoms with Gasteiger partial charge in [0.2, 0.25) is 0 Å². The van der Waals surface area contributed by atoms with E-state index < -0.39 is 0 Å². The molecule has 0 aromatic heterocycles. The monoisotopic (exact) mass is 378 g/mol. The van der Waals surface area contributed by atoms with Crippen molar-refractivity contribution in [1.29, 1.82) is 0 Å². The molecular formula is C26H34O2. The summed E-state index contributed by atoms with van der Waals surface area (Å²) in [7, 11) is 0. The summed E-state index contributed by atoms with van der Waals surface area (Å²) < 4.78 is 0. The molecule has 2 aromatic rings. The van der Waals surface area contributed by atoms with Crippen molar-refractivity contribution < 1.29 is 9.59 Å². The van der Waals surface area contributed by atoms with Crippen LogP contribution in [0.1, 0.15) is 62.3 Å². The molecule has 0 spiro atoms. The molecule has 0 amide bonds. The SMILES string of the molecule is CC(C)Cc1cccc(C(CC=O)C(C=O)Cc2ccccc2CC(C)C)c1. The fourth-order valence-corrected chi connectivity index (χ4v) is 4.02. The minimum atomic E-state index is -0.201. The van der Waals surface area contributed by atoms with Gasteiger partial charge in [0.05, 0.1) is 0 Å².